The fourth-order valence-electron chi connectivity index (χ4n) is 0.752. The van der Waals surface area contributed by atoms with E-state index in [1.807, 2.05) is 0 Å². The average molecular weight is 187 g/mol. The van der Waals surface area contributed by atoms with Gasteiger partial charge in [-0.2, -0.15) is 0 Å². The summed E-state index contributed by atoms with van der Waals surface area (Å²) in [5, 5.41) is 8.23. The molecule has 0 radical (unpaired) electrons. The molecule has 5 heteroatoms. The lowest BCUT2D eigenvalue weighted by Gasteiger charge is -1.89. The largest absolute Gasteiger partial charge is 0.374 e. The molecule has 11 heavy (non-hydrogen) atoms. The Kier molecular flexibility index (Phi) is 2.00. The Balaban J connectivity index is 1.85. The van der Waals surface area contributed by atoms with E-state index >= 15 is 0 Å². The van der Waals surface area contributed by atoms with Gasteiger partial charge in [0.05, 0.1) is 0 Å². The van der Waals surface area contributed by atoms with Crippen molar-refractivity contribution in [3.05, 3.63) is 0 Å². The lowest BCUT2D eigenvalue weighted by atomic mass is 10.5. The molecular weight excluding hydrogens is 178 g/mol. The highest BCUT2D eigenvalue weighted by Gasteiger charge is 2.21. The van der Waals surface area contributed by atoms with Crippen LogP contribution in [0.1, 0.15) is 12.8 Å². The first-order valence-electron chi connectivity index (χ1n) is 3.56. The Labute approximate surface area is 73.4 Å². The van der Waals surface area contributed by atoms with Crippen LogP contribution in [0.25, 0.3) is 0 Å². The zero-order valence-electron chi connectivity index (χ0n) is 5.99. The van der Waals surface area contributed by atoms with Gasteiger partial charge < -0.3 is 5.73 Å². The van der Waals surface area contributed by atoms with Gasteiger partial charge in [0.15, 0.2) is 4.34 Å². The van der Waals surface area contributed by atoms with E-state index in [-0.39, 0.29) is 0 Å². The first kappa shape index (κ1) is 7.36. The Bertz CT molecular complexity index is 244. The van der Waals surface area contributed by atoms with E-state index in [0.29, 0.717) is 5.13 Å². The third-order valence-corrected chi connectivity index (χ3v) is 3.68. The van der Waals surface area contributed by atoms with Gasteiger partial charge >= 0.3 is 0 Å². The molecule has 1 aliphatic rings. The molecule has 0 aliphatic heterocycles. The first-order chi connectivity index (χ1) is 5.34. The normalized spacial score (nSPS) is 17.1. The molecule has 0 spiro atoms. The van der Waals surface area contributed by atoms with E-state index in [2.05, 4.69) is 10.2 Å². The zero-order valence-corrected chi connectivity index (χ0v) is 7.62. The SMILES string of the molecule is Nc1nnc(SCC2CC2)s1. The lowest BCUT2D eigenvalue weighted by Crippen LogP contribution is -1.80. The van der Waals surface area contributed by atoms with Gasteiger partial charge in [0.2, 0.25) is 5.13 Å². The van der Waals surface area contributed by atoms with Gasteiger partial charge in [-0.25, -0.2) is 0 Å². The van der Waals surface area contributed by atoms with E-state index in [1.165, 1.54) is 29.9 Å². The summed E-state index contributed by atoms with van der Waals surface area (Å²) in [7, 11) is 0. The minimum Gasteiger partial charge on any atom is -0.374 e. The average Bonchev–Trinajstić information content (AvgIpc) is 2.72. The second kappa shape index (κ2) is 2.98. The molecule has 0 unspecified atom stereocenters. The molecule has 2 N–H and O–H groups in total. The number of anilines is 1. The van der Waals surface area contributed by atoms with Gasteiger partial charge in [-0.05, 0) is 18.8 Å². The number of thioether (sulfide) groups is 1. The second-order valence-electron chi connectivity index (χ2n) is 2.66. The van der Waals surface area contributed by atoms with Crippen molar-refractivity contribution in [2.24, 2.45) is 5.92 Å². The Morgan fingerprint density at radius 1 is 1.55 bits per heavy atom. The molecule has 1 aromatic heterocycles. The maximum Gasteiger partial charge on any atom is 0.203 e. The van der Waals surface area contributed by atoms with Crippen molar-refractivity contribution >= 4 is 28.2 Å². The van der Waals surface area contributed by atoms with Crippen LogP contribution >= 0.6 is 23.1 Å². The minimum atomic E-state index is 0.572. The molecule has 0 bridgehead atoms. The molecule has 1 fully saturated rings. The van der Waals surface area contributed by atoms with Crippen LogP contribution < -0.4 is 5.73 Å². The van der Waals surface area contributed by atoms with Crippen molar-refractivity contribution < 1.29 is 0 Å². The molecule has 0 saturated heterocycles. The van der Waals surface area contributed by atoms with Gasteiger partial charge in [0.25, 0.3) is 0 Å². The highest BCUT2D eigenvalue weighted by atomic mass is 32.2. The van der Waals surface area contributed by atoms with E-state index in [4.69, 9.17) is 5.73 Å². The molecule has 1 heterocycles. The summed E-state index contributed by atoms with van der Waals surface area (Å²) < 4.78 is 1.01. The number of hydrogen-bond acceptors (Lipinski definition) is 5. The quantitative estimate of drug-likeness (QED) is 0.731. The van der Waals surface area contributed by atoms with Crippen LogP contribution in [0.15, 0.2) is 4.34 Å². The van der Waals surface area contributed by atoms with Crippen molar-refractivity contribution in [1.82, 2.24) is 10.2 Å². The molecule has 1 aliphatic carbocycles. The number of hydrogen-bond donors (Lipinski definition) is 1. The molecule has 1 saturated carbocycles. The van der Waals surface area contributed by atoms with Crippen molar-refractivity contribution in [3.63, 3.8) is 0 Å². The molecule has 0 amide bonds. The summed E-state index contributed by atoms with van der Waals surface area (Å²) in [6, 6.07) is 0. The predicted octanol–water partition coefficient (Wildman–Crippen LogP) is 1.62. The fraction of sp³-hybridized carbons (Fsp3) is 0.667. The van der Waals surface area contributed by atoms with Crippen LogP contribution in [-0.2, 0) is 0 Å². The van der Waals surface area contributed by atoms with Crippen LogP contribution in [0, 0.1) is 5.92 Å². The molecule has 2 rings (SSSR count). The molecule has 0 aromatic carbocycles. The van der Waals surface area contributed by atoms with Gasteiger partial charge in [0.1, 0.15) is 0 Å². The van der Waals surface area contributed by atoms with Crippen LogP contribution in [-0.4, -0.2) is 16.0 Å². The van der Waals surface area contributed by atoms with Gasteiger partial charge in [-0.1, -0.05) is 23.1 Å². The van der Waals surface area contributed by atoms with Crippen LogP contribution in [0.5, 0.6) is 0 Å². The van der Waals surface area contributed by atoms with Crippen LogP contribution in [0.4, 0.5) is 5.13 Å². The highest BCUT2D eigenvalue weighted by molar-refractivity contribution is 8.01. The van der Waals surface area contributed by atoms with Crippen molar-refractivity contribution in [2.45, 2.75) is 17.2 Å². The Morgan fingerprint density at radius 3 is 2.91 bits per heavy atom. The maximum atomic E-state index is 5.43. The molecule has 60 valence electrons. The molecular formula is C6H9N3S2. The van der Waals surface area contributed by atoms with Crippen molar-refractivity contribution in [2.75, 3.05) is 11.5 Å². The number of rotatable bonds is 3. The van der Waals surface area contributed by atoms with E-state index < -0.39 is 0 Å². The minimum absolute atomic E-state index is 0.572. The summed E-state index contributed by atoms with van der Waals surface area (Å²) in [5.74, 6) is 2.12. The smallest absolute Gasteiger partial charge is 0.203 e. The highest BCUT2D eigenvalue weighted by Crippen LogP contribution is 2.35. The lowest BCUT2D eigenvalue weighted by molar-refractivity contribution is 0.982. The summed E-state index contributed by atoms with van der Waals surface area (Å²) in [6.45, 7) is 0. The van der Waals surface area contributed by atoms with Crippen LogP contribution in [0.2, 0.25) is 0 Å². The van der Waals surface area contributed by atoms with Gasteiger partial charge in [-0.3, -0.25) is 0 Å². The van der Waals surface area contributed by atoms with E-state index in [0.717, 1.165) is 10.3 Å². The zero-order chi connectivity index (χ0) is 7.68. The second-order valence-corrected chi connectivity index (χ2v) is 4.94. The van der Waals surface area contributed by atoms with E-state index in [9.17, 15) is 0 Å². The fourth-order valence-corrected chi connectivity index (χ4v) is 2.60. The van der Waals surface area contributed by atoms with Crippen LogP contribution in [0.3, 0.4) is 0 Å². The summed E-state index contributed by atoms with van der Waals surface area (Å²) >= 11 is 3.25. The first-order valence-corrected chi connectivity index (χ1v) is 5.36. The monoisotopic (exact) mass is 187 g/mol. The predicted molar refractivity (Wildman–Crippen MR) is 47.8 cm³/mol. The molecule has 3 nitrogen and oxygen atoms in total. The third-order valence-electron chi connectivity index (χ3n) is 1.56. The standard InChI is InChI=1S/C6H9N3S2/c7-5-8-9-6(11-5)10-3-4-1-2-4/h4H,1-3H2,(H2,7,8). The topological polar surface area (TPSA) is 51.8 Å². The Hall–Kier alpha value is -0.290. The van der Waals surface area contributed by atoms with Gasteiger partial charge in [0, 0.05) is 5.75 Å². The maximum absolute atomic E-state index is 5.43. The number of nitrogen functional groups attached to an aromatic ring is 1. The summed E-state index contributed by atoms with van der Waals surface area (Å²) in [4.78, 5) is 0. The molecule has 0 atom stereocenters. The van der Waals surface area contributed by atoms with Crippen molar-refractivity contribution in [3.8, 4) is 0 Å². The van der Waals surface area contributed by atoms with Crippen molar-refractivity contribution in [1.29, 1.82) is 0 Å². The number of nitrogens with two attached hydrogens (primary N) is 1. The third kappa shape index (κ3) is 2.07. The number of aromatic nitrogens is 2. The number of nitrogens with zero attached hydrogens (tertiary/aromatic N) is 2. The summed E-state index contributed by atoms with van der Waals surface area (Å²) in [5.41, 5.74) is 5.43. The summed E-state index contributed by atoms with van der Waals surface area (Å²) in [6.07, 6.45) is 2.78. The van der Waals surface area contributed by atoms with E-state index in [1.54, 1.807) is 11.8 Å². The Morgan fingerprint density at radius 2 is 2.36 bits per heavy atom. The van der Waals surface area contributed by atoms with Gasteiger partial charge in [-0.15, -0.1) is 10.2 Å². The molecule has 1 aromatic rings.